The zero-order valence-electron chi connectivity index (χ0n) is 11.3. The first kappa shape index (κ1) is 11.5. The third kappa shape index (κ3) is 1.71. The normalized spacial score (nSPS) is 32.7. The molecule has 0 radical (unpaired) electrons. The summed E-state index contributed by atoms with van der Waals surface area (Å²) >= 11 is 0. The molecule has 100 valence electrons. The van der Waals surface area contributed by atoms with Crippen LogP contribution in [0.5, 0.6) is 0 Å². The minimum absolute atomic E-state index is 0.102. The average Bonchev–Trinajstić information content (AvgIpc) is 2.92. The summed E-state index contributed by atoms with van der Waals surface area (Å²) in [5.41, 5.74) is 2.45. The molecule has 0 bridgehead atoms. The molecule has 19 heavy (non-hydrogen) atoms. The Kier molecular flexibility index (Phi) is 2.31. The lowest BCUT2D eigenvalue weighted by Gasteiger charge is -2.27. The summed E-state index contributed by atoms with van der Waals surface area (Å²) in [6.07, 6.45) is 4.71. The predicted molar refractivity (Wildman–Crippen MR) is 74.8 cm³/mol. The van der Waals surface area contributed by atoms with E-state index < -0.39 is 0 Å². The second-order valence-corrected chi connectivity index (χ2v) is 6.59. The summed E-state index contributed by atoms with van der Waals surface area (Å²) in [4.78, 5) is 0. The summed E-state index contributed by atoms with van der Waals surface area (Å²) in [6, 6.07) is 8.40. The molecule has 0 saturated heterocycles. The van der Waals surface area contributed by atoms with Crippen molar-refractivity contribution in [2.45, 2.75) is 25.7 Å². The molecule has 1 heterocycles. The van der Waals surface area contributed by atoms with Gasteiger partial charge in [-0.05, 0) is 49.0 Å². The van der Waals surface area contributed by atoms with E-state index in [9.17, 15) is 5.11 Å². The van der Waals surface area contributed by atoms with Gasteiger partial charge in [0.2, 0.25) is 0 Å². The predicted octanol–water partition coefficient (Wildman–Crippen LogP) is 2.52. The number of nitrogens with zero attached hydrogens (tertiary/aromatic N) is 2. The standard InChI is InChI=1S/C16H20N2O/c1-18-15-5-3-2-4-13(15)14(17-18)9-16(10-19)7-11-6-12(11)8-16/h2-5,11-12,19H,6-10H2,1H3. The van der Waals surface area contributed by atoms with Crippen LogP contribution in [-0.4, -0.2) is 21.5 Å². The number of rotatable bonds is 3. The van der Waals surface area contributed by atoms with E-state index in [-0.39, 0.29) is 5.41 Å². The highest BCUT2D eigenvalue weighted by molar-refractivity contribution is 5.81. The van der Waals surface area contributed by atoms with Crippen LogP contribution in [0.3, 0.4) is 0 Å². The van der Waals surface area contributed by atoms with Crippen LogP contribution in [-0.2, 0) is 13.5 Å². The third-order valence-corrected chi connectivity index (χ3v) is 5.17. The van der Waals surface area contributed by atoms with E-state index >= 15 is 0 Å². The summed E-state index contributed by atoms with van der Waals surface area (Å²) in [5.74, 6) is 1.78. The molecule has 0 aliphatic heterocycles. The van der Waals surface area contributed by atoms with E-state index in [1.165, 1.54) is 30.2 Å². The van der Waals surface area contributed by atoms with Gasteiger partial charge in [0.05, 0.1) is 11.2 Å². The summed E-state index contributed by atoms with van der Waals surface area (Å²) in [6.45, 7) is 0.310. The minimum Gasteiger partial charge on any atom is -0.396 e. The molecule has 4 rings (SSSR count). The molecule has 2 aromatic rings. The number of benzene rings is 1. The number of aromatic nitrogens is 2. The fourth-order valence-corrected chi connectivity index (χ4v) is 4.11. The first-order valence-corrected chi connectivity index (χ1v) is 7.22. The van der Waals surface area contributed by atoms with Crippen molar-refractivity contribution in [3.8, 4) is 0 Å². The van der Waals surface area contributed by atoms with Gasteiger partial charge in [-0.1, -0.05) is 18.2 Å². The van der Waals surface area contributed by atoms with Gasteiger partial charge in [0.1, 0.15) is 0 Å². The monoisotopic (exact) mass is 256 g/mol. The van der Waals surface area contributed by atoms with Gasteiger partial charge in [-0.25, -0.2) is 0 Å². The first-order chi connectivity index (χ1) is 9.21. The lowest BCUT2D eigenvalue weighted by atomic mass is 9.79. The van der Waals surface area contributed by atoms with Gasteiger partial charge in [0, 0.05) is 19.0 Å². The van der Waals surface area contributed by atoms with Crippen LogP contribution >= 0.6 is 0 Å². The lowest BCUT2D eigenvalue weighted by molar-refractivity contribution is 0.116. The van der Waals surface area contributed by atoms with E-state index in [0.29, 0.717) is 6.61 Å². The van der Waals surface area contributed by atoms with E-state index in [2.05, 4.69) is 24.3 Å². The van der Waals surface area contributed by atoms with Crippen LogP contribution in [0.1, 0.15) is 25.0 Å². The van der Waals surface area contributed by atoms with E-state index in [1.807, 2.05) is 11.7 Å². The molecule has 2 aliphatic rings. The molecule has 0 amide bonds. The molecule has 2 saturated carbocycles. The molecule has 3 heteroatoms. The molecule has 2 fully saturated rings. The van der Waals surface area contributed by atoms with Crippen molar-refractivity contribution >= 4 is 10.9 Å². The molecule has 1 aromatic carbocycles. The number of fused-ring (bicyclic) bond motifs is 2. The van der Waals surface area contributed by atoms with Crippen molar-refractivity contribution in [2.24, 2.45) is 24.3 Å². The van der Waals surface area contributed by atoms with Crippen LogP contribution in [0.15, 0.2) is 24.3 Å². The molecular formula is C16H20N2O. The SMILES string of the molecule is Cn1nc(CC2(CO)CC3CC3C2)c2ccccc21. The maximum atomic E-state index is 9.86. The van der Waals surface area contributed by atoms with E-state index in [1.54, 1.807) is 0 Å². The number of hydrogen-bond acceptors (Lipinski definition) is 2. The van der Waals surface area contributed by atoms with Crippen molar-refractivity contribution in [1.29, 1.82) is 0 Å². The quantitative estimate of drug-likeness (QED) is 0.916. The fourth-order valence-electron chi connectivity index (χ4n) is 4.11. The number of aliphatic hydroxyl groups is 1. The number of aryl methyl sites for hydroxylation is 1. The Bertz CT molecular complexity index is 621. The van der Waals surface area contributed by atoms with E-state index in [0.717, 1.165) is 24.0 Å². The molecule has 2 aliphatic carbocycles. The molecular weight excluding hydrogens is 236 g/mol. The fraction of sp³-hybridized carbons (Fsp3) is 0.562. The van der Waals surface area contributed by atoms with Crippen LogP contribution in [0.2, 0.25) is 0 Å². The highest BCUT2D eigenvalue weighted by Gasteiger charge is 2.53. The maximum Gasteiger partial charge on any atom is 0.0709 e. The first-order valence-electron chi connectivity index (χ1n) is 7.22. The molecule has 0 spiro atoms. The van der Waals surface area contributed by atoms with Crippen LogP contribution < -0.4 is 0 Å². The van der Waals surface area contributed by atoms with Gasteiger partial charge < -0.3 is 5.11 Å². The van der Waals surface area contributed by atoms with Gasteiger partial charge in [-0.2, -0.15) is 5.10 Å². The summed E-state index contributed by atoms with van der Waals surface area (Å²) < 4.78 is 1.96. The van der Waals surface area contributed by atoms with Crippen molar-refractivity contribution in [1.82, 2.24) is 9.78 Å². The van der Waals surface area contributed by atoms with Crippen molar-refractivity contribution < 1.29 is 5.11 Å². The van der Waals surface area contributed by atoms with Gasteiger partial charge in [0.15, 0.2) is 0 Å². The summed E-state index contributed by atoms with van der Waals surface area (Å²) in [7, 11) is 2.00. The Morgan fingerprint density at radius 3 is 2.79 bits per heavy atom. The number of hydrogen-bond donors (Lipinski definition) is 1. The lowest BCUT2D eigenvalue weighted by Crippen LogP contribution is -2.26. The van der Waals surface area contributed by atoms with Crippen LogP contribution in [0.4, 0.5) is 0 Å². The van der Waals surface area contributed by atoms with Gasteiger partial charge >= 0.3 is 0 Å². The number of para-hydroxylation sites is 1. The van der Waals surface area contributed by atoms with Crippen LogP contribution in [0.25, 0.3) is 10.9 Å². The Labute approximate surface area is 113 Å². The zero-order valence-corrected chi connectivity index (χ0v) is 11.3. The molecule has 1 N–H and O–H groups in total. The topological polar surface area (TPSA) is 38.0 Å². The highest BCUT2D eigenvalue weighted by Crippen LogP contribution is 2.60. The van der Waals surface area contributed by atoms with Gasteiger partial charge in [-0.15, -0.1) is 0 Å². The van der Waals surface area contributed by atoms with E-state index in [4.69, 9.17) is 5.10 Å². The Balaban J connectivity index is 1.71. The van der Waals surface area contributed by atoms with Gasteiger partial charge in [0.25, 0.3) is 0 Å². The molecule has 2 atom stereocenters. The highest BCUT2D eigenvalue weighted by atomic mass is 16.3. The Morgan fingerprint density at radius 2 is 2.05 bits per heavy atom. The smallest absolute Gasteiger partial charge is 0.0709 e. The second-order valence-electron chi connectivity index (χ2n) is 6.59. The molecule has 3 nitrogen and oxygen atoms in total. The van der Waals surface area contributed by atoms with Crippen molar-refractivity contribution in [2.75, 3.05) is 6.61 Å². The summed E-state index contributed by atoms with van der Waals surface area (Å²) in [5, 5.41) is 15.8. The van der Waals surface area contributed by atoms with Gasteiger partial charge in [-0.3, -0.25) is 4.68 Å². The van der Waals surface area contributed by atoms with Crippen LogP contribution in [0, 0.1) is 17.3 Å². The molecule has 1 aromatic heterocycles. The Morgan fingerprint density at radius 1 is 1.32 bits per heavy atom. The minimum atomic E-state index is 0.102. The largest absolute Gasteiger partial charge is 0.396 e. The zero-order chi connectivity index (χ0) is 13.0. The average molecular weight is 256 g/mol. The van der Waals surface area contributed by atoms with Crippen molar-refractivity contribution in [3.63, 3.8) is 0 Å². The number of aliphatic hydroxyl groups excluding tert-OH is 1. The maximum absolute atomic E-state index is 9.86. The second kappa shape index (κ2) is 3.83. The third-order valence-electron chi connectivity index (χ3n) is 5.17. The molecule has 2 unspecified atom stereocenters. The van der Waals surface area contributed by atoms with Crippen molar-refractivity contribution in [3.05, 3.63) is 30.0 Å². The Hall–Kier alpha value is -1.35.